The van der Waals surface area contributed by atoms with Gasteiger partial charge in [0.05, 0.1) is 6.54 Å². The third-order valence-electron chi connectivity index (χ3n) is 2.63. The highest BCUT2D eigenvalue weighted by Crippen LogP contribution is 2.00. The van der Waals surface area contributed by atoms with Crippen LogP contribution < -0.4 is 5.32 Å². The van der Waals surface area contributed by atoms with Crippen molar-refractivity contribution in [3.8, 4) is 0 Å². The molecular formula is C10H19N3O2. The van der Waals surface area contributed by atoms with E-state index in [4.69, 9.17) is 0 Å². The Morgan fingerprint density at radius 3 is 2.73 bits per heavy atom. The molecule has 1 aliphatic rings. The average Bonchev–Trinajstić information content (AvgIpc) is 2.17. The zero-order valence-corrected chi connectivity index (χ0v) is 9.62. The Kier molecular flexibility index (Phi) is 4.08. The van der Waals surface area contributed by atoms with Crippen molar-refractivity contribution in [2.24, 2.45) is 0 Å². The third kappa shape index (κ3) is 3.51. The Balaban J connectivity index is 2.42. The van der Waals surface area contributed by atoms with Crippen LogP contribution >= 0.6 is 0 Å². The molecular weight excluding hydrogens is 194 g/mol. The SMILES string of the molecule is CC(=O)N(C)CC(=O)N1CCN[C@H](C)C1. The number of nitrogens with one attached hydrogen (secondary N) is 1. The molecule has 0 unspecified atom stereocenters. The molecule has 5 heteroatoms. The number of nitrogens with zero attached hydrogens (tertiary/aromatic N) is 2. The van der Waals surface area contributed by atoms with Crippen molar-refractivity contribution in [2.45, 2.75) is 19.9 Å². The minimum absolute atomic E-state index is 0.0288. The van der Waals surface area contributed by atoms with Gasteiger partial charge < -0.3 is 15.1 Å². The zero-order valence-electron chi connectivity index (χ0n) is 9.62. The summed E-state index contributed by atoms with van der Waals surface area (Å²) < 4.78 is 0. The topological polar surface area (TPSA) is 52.7 Å². The van der Waals surface area contributed by atoms with Gasteiger partial charge in [-0.15, -0.1) is 0 Å². The molecule has 0 aromatic carbocycles. The zero-order chi connectivity index (χ0) is 11.4. The Hall–Kier alpha value is -1.10. The van der Waals surface area contributed by atoms with Crippen molar-refractivity contribution in [3.63, 3.8) is 0 Å². The molecule has 86 valence electrons. The van der Waals surface area contributed by atoms with Gasteiger partial charge in [0, 0.05) is 39.6 Å². The number of rotatable bonds is 2. The molecule has 1 N–H and O–H groups in total. The molecule has 0 aromatic heterocycles. The first-order chi connectivity index (χ1) is 7.00. The number of hydrogen-bond acceptors (Lipinski definition) is 3. The predicted octanol–water partition coefficient (Wildman–Crippen LogP) is -0.715. The number of hydrogen-bond donors (Lipinski definition) is 1. The van der Waals surface area contributed by atoms with E-state index in [-0.39, 0.29) is 18.4 Å². The van der Waals surface area contributed by atoms with E-state index in [2.05, 4.69) is 5.32 Å². The first-order valence-corrected chi connectivity index (χ1v) is 5.23. The lowest BCUT2D eigenvalue weighted by molar-refractivity contribution is -0.139. The van der Waals surface area contributed by atoms with Crippen molar-refractivity contribution in [2.75, 3.05) is 33.2 Å². The van der Waals surface area contributed by atoms with Crippen LogP contribution in [0.2, 0.25) is 0 Å². The molecule has 1 fully saturated rings. The molecule has 5 nitrogen and oxygen atoms in total. The average molecular weight is 213 g/mol. The highest BCUT2D eigenvalue weighted by Gasteiger charge is 2.21. The number of carbonyl (C=O) groups excluding carboxylic acids is 2. The molecule has 0 radical (unpaired) electrons. The van der Waals surface area contributed by atoms with Gasteiger partial charge >= 0.3 is 0 Å². The largest absolute Gasteiger partial charge is 0.338 e. The number of likely N-dealkylation sites (N-methyl/N-ethyl adjacent to an activating group) is 1. The predicted molar refractivity (Wildman–Crippen MR) is 57.4 cm³/mol. The minimum Gasteiger partial charge on any atom is -0.338 e. The van der Waals surface area contributed by atoms with Crippen LogP contribution in [0.1, 0.15) is 13.8 Å². The van der Waals surface area contributed by atoms with E-state index < -0.39 is 0 Å². The maximum atomic E-state index is 11.8. The fourth-order valence-corrected chi connectivity index (χ4v) is 1.57. The summed E-state index contributed by atoms with van der Waals surface area (Å²) in [6.07, 6.45) is 0. The highest BCUT2D eigenvalue weighted by molar-refractivity contribution is 5.83. The second-order valence-electron chi connectivity index (χ2n) is 4.07. The molecule has 0 spiro atoms. The maximum Gasteiger partial charge on any atom is 0.242 e. The monoisotopic (exact) mass is 213 g/mol. The van der Waals surface area contributed by atoms with Gasteiger partial charge in [-0.2, -0.15) is 0 Å². The molecule has 1 aliphatic heterocycles. The molecule has 0 bridgehead atoms. The molecule has 0 aliphatic carbocycles. The van der Waals surface area contributed by atoms with Gasteiger partial charge in [-0.3, -0.25) is 9.59 Å². The van der Waals surface area contributed by atoms with Crippen molar-refractivity contribution < 1.29 is 9.59 Å². The Bertz CT molecular complexity index is 255. The van der Waals surface area contributed by atoms with E-state index in [0.717, 1.165) is 19.6 Å². The quantitative estimate of drug-likeness (QED) is 0.659. The first-order valence-electron chi connectivity index (χ1n) is 5.23. The van der Waals surface area contributed by atoms with Crippen LogP contribution in [0.4, 0.5) is 0 Å². The van der Waals surface area contributed by atoms with Gasteiger partial charge in [0.2, 0.25) is 11.8 Å². The van der Waals surface area contributed by atoms with Crippen LogP contribution in [0.15, 0.2) is 0 Å². The molecule has 0 aromatic rings. The van der Waals surface area contributed by atoms with Crippen LogP contribution in [0.25, 0.3) is 0 Å². The van der Waals surface area contributed by atoms with Gasteiger partial charge in [-0.1, -0.05) is 0 Å². The summed E-state index contributed by atoms with van der Waals surface area (Å²) >= 11 is 0. The van der Waals surface area contributed by atoms with Gasteiger partial charge in [-0.05, 0) is 6.92 Å². The summed E-state index contributed by atoms with van der Waals surface area (Å²) in [6.45, 7) is 5.99. The second-order valence-corrected chi connectivity index (χ2v) is 4.07. The molecule has 0 saturated carbocycles. The fourth-order valence-electron chi connectivity index (χ4n) is 1.57. The standard InChI is InChI=1S/C10H19N3O2/c1-8-6-13(5-4-11-8)10(15)7-12(3)9(2)14/h8,11H,4-7H2,1-3H3/t8-/m1/s1. The second kappa shape index (κ2) is 5.11. The molecule has 15 heavy (non-hydrogen) atoms. The lowest BCUT2D eigenvalue weighted by Crippen LogP contribution is -2.53. The van der Waals surface area contributed by atoms with Crippen LogP contribution in [0, 0.1) is 0 Å². The third-order valence-corrected chi connectivity index (χ3v) is 2.63. The summed E-state index contributed by atoms with van der Waals surface area (Å²) in [5.74, 6) is -0.0485. The van der Waals surface area contributed by atoms with Crippen molar-refractivity contribution in [1.29, 1.82) is 0 Å². The summed E-state index contributed by atoms with van der Waals surface area (Å²) in [5, 5.41) is 3.27. The summed E-state index contributed by atoms with van der Waals surface area (Å²) in [4.78, 5) is 26.0. The van der Waals surface area contributed by atoms with Crippen LogP contribution in [-0.4, -0.2) is 60.9 Å². The van der Waals surface area contributed by atoms with E-state index in [0.29, 0.717) is 6.04 Å². The van der Waals surface area contributed by atoms with E-state index in [1.54, 1.807) is 11.9 Å². The first kappa shape index (κ1) is 12.0. The van der Waals surface area contributed by atoms with Gasteiger partial charge in [0.25, 0.3) is 0 Å². The molecule has 1 saturated heterocycles. The Morgan fingerprint density at radius 1 is 1.53 bits per heavy atom. The number of carbonyl (C=O) groups is 2. The van der Waals surface area contributed by atoms with Crippen molar-refractivity contribution >= 4 is 11.8 Å². The van der Waals surface area contributed by atoms with Crippen molar-refractivity contribution in [3.05, 3.63) is 0 Å². The number of piperazine rings is 1. The smallest absolute Gasteiger partial charge is 0.242 e. The number of amides is 2. The van der Waals surface area contributed by atoms with E-state index in [9.17, 15) is 9.59 Å². The van der Waals surface area contributed by atoms with Gasteiger partial charge in [0.1, 0.15) is 0 Å². The lowest BCUT2D eigenvalue weighted by atomic mass is 10.2. The van der Waals surface area contributed by atoms with Gasteiger partial charge in [-0.25, -0.2) is 0 Å². The van der Waals surface area contributed by atoms with Gasteiger partial charge in [0.15, 0.2) is 0 Å². The molecule has 2 amide bonds. The van der Waals surface area contributed by atoms with Crippen LogP contribution in [0.5, 0.6) is 0 Å². The molecule has 1 atom stereocenters. The van der Waals surface area contributed by atoms with E-state index >= 15 is 0 Å². The van der Waals surface area contributed by atoms with E-state index in [1.807, 2.05) is 6.92 Å². The van der Waals surface area contributed by atoms with E-state index in [1.165, 1.54) is 11.8 Å². The maximum absolute atomic E-state index is 11.8. The van der Waals surface area contributed by atoms with Crippen LogP contribution in [0.3, 0.4) is 0 Å². The fraction of sp³-hybridized carbons (Fsp3) is 0.800. The minimum atomic E-state index is -0.0773. The van der Waals surface area contributed by atoms with Crippen LogP contribution in [-0.2, 0) is 9.59 Å². The van der Waals surface area contributed by atoms with Crippen molar-refractivity contribution in [1.82, 2.24) is 15.1 Å². The summed E-state index contributed by atoms with van der Waals surface area (Å²) in [6, 6.07) is 0.338. The normalized spacial score (nSPS) is 21.3. The Morgan fingerprint density at radius 2 is 2.20 bits per heavy atom. The Labute approximate surface area is 90.4 Å². The summed E-state index contributed by atoms with van der Waals surface area (Å²) in [7, 11) is 1.64. The molecule has 1 heterocycles. The lowest BCUT2D eigenvalue weighted by Gasteiger charge is -2.32. The summed E-state index contributed by atoms with van der Waals surface area (Å²) in [5.41, 5.74) is 0. The molecule has 1 rings (SSSR count). The highest BCUT2D eigenvalue weighted by atomic mass is 16.2.